The minimum atomic E-state index is -3.77. The van der Waals surface area contributed by atoms with E-state index in [-0.39, 0.29) is 13.2 Å². The number of ether oxygens (including phenoxy) is 6. The van der Waals surface area contributed by atoms with Gasteiger partial charge in [-0.3, -0.25) is 4.18 Å². The van der Waals surface area contributed by atoms with Gasteiger partial charge in [-0.2, -0.15) is 8.42 Å². The molecular formula is C29H42O12S. The van der Waals surface area contributed by atoms with Crippen molar-refractivity contribution in [2.45, 2.75) is 38.9 Å². The molecule has 0 bridgehead atoms. The van der Waals surface area contributed by atoms with Crippen LogP contribution in [0.15, 0.2) is 48.5 Å². The Balaban J connectivity index is 0.000000428. The van der Waals surface area contributed by atoms with Crippen molar-refractivity contribution in [3.63, 3.8) is 0 Å². The van der Waals surface area contributed by atoms with Crippen molar-refractivity contribution in [2.75, 3.05) is 60.1 Å². The molecule has 12 nitrogen and oxygen atoms in total. The van der Waals surface area contributed by atoms with Crippen LogP contribution in [0.5, 0.6) is 11.5 Å². The molecule has 2 aromatic carbocycles. The zero-order valence-corrected chi connectivity index (χ0v) is 25.6. The van der Waals surface area contributed by atoms with E-state index in [1.807, 2.05) is 62.4 Å². The third kappa shape index (κ3) is 16.3. The van der Waals surface area contributed by atoms with Crippen LogP contribution in [-0.2, 0) is 55.7 Å². The SMILES string of the molecule is CCOc1ccc(CCOCC(O)C(=O)OC)cc1.CCOc1ccc(CCOCC(OS(C)(=O)=O)C(=O)OC)cc1. The Morgan fingerprint density at radius 3 is 1.55 bits per heavy atom. The summed E-state index contributed by atoms with van der Waals surface area (Å²) in [6, 6.07) is 15.3. The monoisotopic (exact) mass is 614 g/mol. The number of aliphatic hydroxyl groups is 1. The molecule has 0 aliphatic carbocycles. The van der Waals surface area contributed by atoms with Gasteiger partial charge in [0.25, 0.3) is 10.1 Å². The molecule has 0 spiro atoms. The van der Waals surface area contributed by atoms with Gasteiger partial charge in [-0.15, -0.1) is 0 Å². The normalized spacial score (nSPS) is 12.3. The van der Waals surface area contributed by atoms with Gasteiger partial charge in [-0.1, -0.05) is 24.3 Å². The number of carbonyl (C=O) groups is 2. The van der Waals surface area contributed by atoms with Gasteiger partial charge < -0.3 is 33.5 Å². The fraction of sp³-hybridized carbons (Fsp3) is 0.517. The Labute approximate surface area is 247 Å². The highest BCUT2D eigenvalue weighted by atomic mass is 32.2. The highest BCUT2D eigenvalue weighted by Crippen LogP contribution is 2.13. The summed E-state index contributed by atoms with van der Waals surface area (Å²) in [5, 5.41) is 9.29. The number of rotatable bonds is 18. The predicted molar refractivity (Wildman–Crippen MR) is 154 cm³/mol. The number of esters is 2. The minimum absolute atomic E-state index is 0.0519. The highest BCUT2D eigenvalue weighted by molar-refractivity contribution is 7.86. The van der Waals surface area contributed by atoms with E-state index in [0.717, 1.165) is 36.0 Å². The lowest BCUT2D eigenvalue weighted by atomic mass is 10.1. The van der Waals surface area contributed by atoms with E-state index in [1.165, 1.54) is 7.11 Å². The summed E-state index contributed by atoms with van der Waals surface area (Å²) in [7, 11) is -1.39. The maximum absolute atomic E-state index is 11.4. The Bertz CT molecular complexity index is 1130. The maximum Gasteiger partial charge on any atom is 0.338 e. The zero-order chi connectivity index (χ0) is 31.4. The van der Waals surface area contributed by atoms with Crippen LogP contribution in [0.4, 0.5) is 0 Å². The van der Waals surface area contributed by atoms with Crippen LogP contribution >= 0.6 is 0 Å². The van der Waals surface area contributed by atoms with Gasteiger partial charge in [0.05, 0.1) is 60.1 Å². The summed E-state index contributed by atoms with van der Waals surface area (Å²) in [6.07, 6.45) is -0.330. The van der Waals surface area contributed by atoms with Gasteiger partial charge in [-0.25, -0.2) is 9.59 Å². The molecule has 0 saturated heterocycles. The lowest BCUT2D eigenvalue weighted by Gasteiger charge is -2.14. The van der Waals surface area contributed by atoms with Crippen LogP contribution in [0.1, 0.15) is 25.0 Å². The van der Waals surface area contributed by atoms with Gasteiger partial charge in [0.1, 0.15) is 11.5 Å². The van der Waals surface area contributed by atoms with E-state index in [0.29, 0.717) is 39.3 Å². The van der Waals surface area contributed by atoms with E-state index in [9.17, 15) is 23.1 Å². The van der Waals surface area contributed by atoms with Crippen molar-refractivity contribution < 1.29 is 55.7 Å². The quantitative estimate of drug-likeness (QED) is 0.149. The molecule has 0 aliphatic rings. The fourth-order valence-electron chi connectivity index (χ4n) is 3.29. The Hall–Kier alpha value is -3.23. The van der Waals surface area contributed by atoms with Crippen molar-refractivity contribution >= 4 is 22.1 Å². The van der Waals surface area contributed by atoms with E-state index in [4.69, 9.17) is 18.9 Å². The molecule has 0 saturated carbocycles. The largest absolute Gasteiger partial charge is 0.494 e. The summed E-state index contributed by atoms with van der Waals surface area (Å²) in [4.78, 5) is 22.4. The van der Waals surface area contributed by atoms with Crippen LogP contribution < -0.4 is 9.47 Å². The molecule has 2 unspecified atom stereocenters. The van der Waals surface area contributed by atoms with Crippen LogP contribution in [0, 0.1) is 0 Å². The first-order valence-electron chi connectivity index (χ1n) is 13.3. The molecule has 0 heterocycles. The van der Waals surface area contributed by atoms with Gasteiger partial charge in [0, 0.05) is 0 Å². The molecule has 1 N–H and O–H groups in total. The number of carbonyl (C=O) groups excluding carboxylic acids is 2. The predicted octanol–water partition coefficient (Wildman–Crippen LogP) is 2.34. The zero-order valence-electron chi connectivity index (χ0n) is 24.8. The number of hydrogen-bond donors (Lipinski definition) is 1. The summed E-state index contributed by atoms with van der Waals surface area (Å²) in [5.41, 5.74) is 2.14. The number of methoxy groups -OCH3 is 2. The Morgan fingerprint density at radius 2 is 1.17 bits per heavy atom. The fourth-order valence-corrected chi connectivity index (χ4v) is 3.84. The second kappa shape index (κ2) is 20.6. The minimum Gasteiger partial charge on any atom is -0.494 e. The van der Waals surface area contributed by atoms with E-state index in [1.54, 1.807) is 0 Å². The first kappa shape index (κ1) is 36.8. The van der Waals surface area contributed by atoms with Crippen molar-refractivity contribution in [3.05, 3.63) is 59.7 Å². The molecule has 13 heteroatoms. The topological polar surface area (TPSA) is 153 Å². The second-order valence-electron chi connectivity index (χ2n) is 8.65. The molecular weight excluding hydrogens is 572 g/mol. The molecule has 0 fully saturated rings. The van der Waals surface area contributed by atoms with Crippen LogP contribution in [0.2, 0.25) is 0 Å². The highest BCUT2D eigenvalue weighted by Gasteiger charge is 2.25. The van der Waals surface area contributed by atoms with Gasteiger partial charge in [-0.05, 0) is 62.1 Å². The molecule has 2 atom stereocenters. The van der Waals surface area contributed by atoms with Crippen molar-refractivity contribution in [3.8, 4) is 11.5 Å². The van der Waals surface area contributed by atoms with E-state index in [2.05, 4.69) is 13.7 Å². The Morgan fingerprint density at radius 1 is 0.738 bits per heavy atom. The molecule has 0 amide bonds. The molecule has 42 heavy (non-hydrogen) atoms. The van der Waals surface area contributed by atoms with Gasteiger partial charge in [0.15, 0.2) is 12.2 Å². The first-order chi connectivity index (χ1) is 20.0. The summed E-state index contributed by atoms with van der Waals surface area (Å²) in [5.74, 6) is 0.162. The van der Waals surface area contributed by atoms with Crippen LogP contribution in [0.3, 0.4) is 0 Å². The van der Waals surface area contributed by atoms with Crippen molar-refractivity contribution in [1.29, 1.82) is 0 Å². The number of hydrogen-bond acceptors (Lipinski definition) is 12. The van der Waals surface area contributed by atoms with Gasteiger partial charge >= 0.3 is 11.9 Å². The maximum atomic E-state index is 11.4. The lowest BCUT2D eigenvalue weighted by Crippen LogP contribution is -2.32. The second-order valence-corrected chi connectivity index (χ2v) is 10.3. The third-order valence-corrected chi connectivity index (χ3v) is 5.89. The molecule has 236 valence electrons. The van der Waals surface area contributed by atoms with Crippen molar-refractivity contribution in [2.24, 2.45) is 0 Å². The molecule has 2 rings (SSSR count). The Kier molecular flexibility index (Phi) is 18.1. The average Bonchev–Trinajstić information content (AvgIpc) is 2.97. The molecule has 0 aliphatic heterocycles. The first-order valence-corrected chi connectivity index (χ1v) is 15.1. The number of benzene rings is 2. The lowest BCUT2D eigenvalue weighted by molar-refractivity contribution is -0.153. The third-order valence-electron chi connectivity index (χ3n) is 5.31. The molecule has 0 aromatic heterocycles. The van der Waals surface area contributed by atoms with Crippen LogP contribution in [0.25, 0.3) is 0 Å². The number of aliphatic hydroxyl groups excluding tert-OH is 1. The smallest absolute Gasteiger partial charge is 0.338 e. The van der Waals surface area contributed by atoms with E-state index >= 15 is 0 Å². The van der Waals surface area contributed by atoms with E-state index < -0.39 is 34.3 Å². The van der Waals surface area contributed by atoms with Gasteiger partial charge in [0.2, 0.25) is 0 Å². The standard InChI is InChI=1S/C15H22O7S.C14H20O5/c1-4-21-13-7-5-12(6-8-13)9-10-20-11-14(15(16)19-2)22-23(3,17)18;1-3-19-12-6-4-11(5-7-12)8-9-18-10-13(15)14(16)17-2/h5-8,14H,4,9-11H2,1-3H3;4-7,13,15H,3,8-10H2,1-2H3. The molecule has 0 radical (unpaired) electrons. The summed E-state index contributed by atoms with van der Waals surface area (Å²) < 4.78 is 56.9. The molecule has 2 aromatic rings. The average molecular weight is 615 g/mol. The summed E-state index contributed by atoms with van der Waals surface area (Å²) >= 11 is 0. The van der Waals surface area contributed by atoms with Crippen LogP contribution in [-0.4, -0.2) is 97.8 Å². The van der Waals surface area contributed by atoms with Crippen molar-refractivity contribution in [1.82, 2.24) is 0 Å². The summed E-state index contributed by atoms with van der Waals surface area (Å²) in [6.45, 7) is 5.61.